The van der Waals surface area contributed by atoms with Gasteiger partial charge < -0.3 is 16.0 Å². The number of carbonyl (C=O) groups is 2. The highest BCUT2D eigenvalue weighted by Crippen LogP contribution is 2.08. The van der Waals surface area contributed by atoms with Crippen molar-refractivity contribution in [3.63, 3.8) is 0 Å². The molecule has 0 aliphatic carbocycles. The van der Waals surface area contributed by atoms with Crippen molar-refractivity contribution < 1.29 is 14.9 Å². The van der Waals surface area contributed by atoms with Gasteiger partial charge in [-0.1, -0.05) is 12.1 Å². The average Bonchev–Trinajstić information content (AvgIpc) is 2.28. The van der Waals surface area contributed by atoms with Crippen LogP contribution >= 0.6 is 0 Å². The first kappa shape index (κ1) is 13.2. The molecule has 0 fully saturated rings. The maximum atomic E-state index is 11.5. The topological polar surface area (TPSA) is 74.8 Å². The molecule has 0 aliphatic heterocycles. The van der Waals surface area contributed by atoms with E-state index < -0.39 is 0 Å². The second-order valence-electron chi connectivity index (χ2n) is 3.79. The molecule has 4 N–H and O–H groups in total. The molecule has 0 atom stereocenters. The molecule has 5 nitrogen and oxygen atoms in total. The van der Waals surface area contributed by atoms with E-state index in [0.717, 1.165) is 11.3 Å². The van der Waals surface area contributed by atoms with Crippen LogP contribution in [0.2, 0.25) is 0 Å². The monoisotopic (exact) mass is 236 g/mol. The fourth-order valence-electron chi connectivity index (χ4n) is 1.37. The number of nitrogens with one attached hydrogen (secondary N) is 2. The summed E-state index contributed by atoms with van der Waals surface area (Å²) in [5, 5.41) is 6.92. The zero-order chi connectivity index (χ0) is 12.7. The van der Waals surface area contributed by atoms with E-state index in [-0.39, 0.29) is 24.9 Å². The van der Waals surface area contributed by atoms with Gasteiger partial charge in [-0.25, -0.2) is 0 Å². The predicted octanol–water partition coefficient (Wildman–Crippen LogP) is -0.757. The third kappa shape index (κ3) is 5.12. The summed E-state index contributed by atoms with van der Waals surface area (Å²) in [6.45, 7) is 2.46. The normalized spacial score (nSPS) is 9.76. The Hall–Kier alpha value is -1.88. The molecule has 0 saturated heterocycles. The number of quaternary nitrogens is 1. The van der Waals surface area contributed by atoms with Crippen LogP contribution in [0.4, 0.5) is 5.69 Å². The summed E-state index contributed by atoms with van der Waals surface area (Å²) in [5.41, 5.74) is 1.88. The van der Waals surface area contributed by atoms with Gasteiger partial charge in [0.15, 0.2) is 13.1 Å². The van der Waals surface area contributed by atoms with Crippen molar-refractivity contribution in [3.8, 4) is 0 Å². The quantitative estimate of drug-likeness (QED) is 0.629. The van der Waals surface area contributed by atoms with E-state index in [0.29, 0.717) is 0 Å². The van der Waals surface area contributed by atoms with Crippen LogP contribution in [0, 0.1) is 6.92 Å². The number of hydrogen-bond donors (Lipinski definition) is 3. The zero-order valence-corrected chi connectivity index (χ0v) is 10.1. The number of aryl methyl sites for hydroxylation is 1. The fourth-order valence-corrected chi connectivity index (χ4v) is 1.37. The lowest BCUT2D eigenvalue weighted by Crippen LogP contribution is -2.88. The van der Waals surface area contributed by atoms with E-state index in [1.54, 1.807) is 12.4 Å². The number of rotatable bonds is 5. The van der Waals surface area contributed by atoms with Crippen molar-refractivity contribution in [2.75, 3.05) is 25.5 Å². The SMILES string of the molecule is CNC(=O)C[NH2+]CC(=O)Nc1cccc(C)c1. The number of amides is 2. The maximum Gasteiger partial charge on any atom is 0.279 e. The molecule has 0 aromatic heterocycles. The summed E-state index contributed by atoms with van der Waals surface area (Å²) in [6, 6.07) is 7.59. The van der Waals surface area contributed by atoms with Gasteiger partial charge in [-0.3, -0.25) is 9.59 Å². The minimum atomic E-state index is -0.112. The third-order valence-corrected chi connectivity index (χ3v) is 2.24. The van der Waals surface area contributed by atoms with Crippen molar-refractivity contribution in [3.05, 3.63) is 29.8 Å². The van der Waals surface area contributed by atoms with Crippen LogP contribution in [0.25, 0.3) is 0 Å². The van der Waals surface area contributed by atoms with Crippen LogP contribution in [0.15, 0.2) is 24.3 Å². The van der Waals surface area contributed by atoms with Crippen LogP contribution < -0.4 is 16.0 Å². The molecule has 0 unspecified atom stereocenters. The number of anilines is 1. The summed E-state index contributed by atoms with van der Waals surface area (Å²) in [7, 11) is 1.57. The summed E-state index contributed by atoms with van der Waals surface area (Å²) in [4.78, 5) is 22.4. The molecule has 0 heterocycles. The standard InChI is InChI=1S/C12H17N3O2/c1-9-4-3-5-10(6-9)15-12(17)8-14-7-11(16)13-2/h3-6,14H,7-8H2,1-2H3,(H,13,16)(H,15,17)/p+1. The molecule has 1 aromatic rings. The number of carbonyl (C=O) groups excluding carboxylic acids is 2. The van der Waals surface area contributed by atoms with E-state index in [2.05, 4.69) is 10.6 Å². The average molecular weight is 236 g/mol. The first-order valence-electron chi connectivity index (χ1n) is 5.50. The van der Waals surface area contributed by atoms with Crippen LogP contribution in [-0.2, 0) is 9.59 Å². The molecule has 0 aliphatic rings. The summed E-state index contributed by atoms with van der Waals surface area (Å²) in [6.07, 6.45) is 0. The highest BCUT2D eigenvalue weighted by molar-refractivity contribution is 5.91. The third-order valence-electron chi connectivity index (χ3n) is 2.24. The van der Waals surface area contributed by atoms with Gasteiger partial charge in [0.05, 0.1) is 0 Å². The van der Waals surface area contributed by atoms with Crippen molar-refractivity contribution in [1.29, 1.82) is 0 Å². The number of hydrogen-bond acceptors (Lipinski definition) is 2. The van der Waals surface area contributed by atoms with Gasteiger partial charge in [0.1, 0.15) is 0 Å². The lowest BCUT2D eigenvalue weighted by Gasteiger charge is -2.05. The molecule has 1 aromatic carbocycles. The Morgan fingerprint density at radius 1 is 1.24 bits per heavy atom. The molecule has 0 spiro atoms. The van der Waals surface area contributed by atoms with E-state index >= 15 is 0 Å². The molecule has 92 valence electrons. The van der Waals surface area contributed by atoms with Gasteiger partial charge in [-0.15, -0.1) is 0 Å². The molecular weight excluding hydrogens is 218 g/mol. The van der Waals surface area contributed by atoms with Gasteiger partial charge in [0, 0.05) is 12.7 Å². The fraction of sp³-hybridized carbons (Fsp3) is 0.333. The lowest BCUT2D eigenvalue weighted by atomic mass is 10.2. The molecule has 0 bridgehead atoms. The van der Waals surface area contributed by atoms with Gasteiger partial charge in [-0.05, 0) is 24.6 Å². The number of benzene rings is 1. The Kier molecular flexibility index (Phi) is 5.16. The van der Waals surface area contributed by atoms with E-state index in [1.807, 2.05) is 31.2 Å². The van der Waals surface area contributed by atoms with Crippen molar-refractivity contribution in [2.24, 2.45) is 0 Å². The van der Waals surface area contributed by atoms with Crippen LogP contribution in [0.1, 0.15) is 5.56 Å². The molecule has 0 saturated carbocycles. The smallest absolute Gasteiger partial charge is 0.279 e. The molecule has 17 heavy (non-hydrogen) atoms. The van der Waals surface area contributed by atoms with E-state index in [1.165, 1.54) is 0 Å². The summed E-state index contributed by atoms with van der Waals surface area (Å²) < 4.78 is 0. The van der Waals surface area contributed by atoms with Gasteiger partial charge >= 0.3 is 0 Å². The van der Waals surface area contributed by atoms with Crippen LogP contribution in [0.3, 0.4) is 0 Å². The Morgan fingerprint density at radius 2 is 1.94 bits per heavy atom. The molecule has 2 amide bonds. The largest absolute Gasteiger partial charge is 0.354 e. The number of likely N-dealkylation sites (N-methyl/N-ethyl adjacent to an activating group) is 1. The lowest BCUT2D eigenvalue weighted by molar-refractivity contribution is -0.632. The Morgan fingerprint density at radius 3 is 2.59 bits per heavy atom. The zero-order valence-electron chi connectivity index (χ0n) is 10.1. The predicted molar refractivity (Wildman–Crippen MR) is 65.5 cm³/mol. The Bertz CT molecular complexity index is 404. The van der Waals surface area contributed by atoms with Crippen molar-refractivity contribution in [1.82, 2.24) is 5.32 Å². The summed E-state index contributed by atoms with van der Waals surface area (Å²) >= 11 is 0. The van der Waals surface area contributed by atoms with Gasteiger partial charge in [0.25, 0.3) is 11.8 Å². The van der Waals surface area contributed by atoms with Crippen molar-refractivity contribution >= 4 is 17.5 Å². The van der Waals surface area contributed by atoms with Crippen LogP contribution in [-0.4, -0.2) is 32.0 Å². The highest BCUT2D eigenvalue weighted by Gasteiger charge is 2.06. The first-order valence-corrected chi connectivity index (χ1v) is 5.50. The molecule has 0 radical (unpaired) electrons. The molecule has 1 rings (SSSR count). The first-order chi connectivity index (χ1) is 8.11. The second kappa shape index (κ2) is 6.65. The maximum absolute atomic E-state index is 11.5. The minimum absolute atomic E-state index is 0.0895. The van der Waals surface area contributed by atoms with Gasteiger partial charge in [-0.2, -0.15) is 0 Å². The molecular formula is C12H18N3O2+. The Labute approximate surface area is 101 Å². The number of nitrogens with two attached hydrogens (primary N) is 1. The Balaban J connectivity index is 2.32. The van der Waals surface area contributed by atoms with E-state index in [9.17, 15) is 9.59 Å². The van der Waals surface area contributed by atoms with Crippen LogP contribution in [0.5, 0.6) is 0 Å². The second-order valence-corrected chi connectivity index (χ2v) is 3.79. The highest BCUT2D eigenvalue weighted by atomic mass is 16.2. The summed E-state index contributed by atoms with van der Waals surface area (Å²) in [5.74, 6) is -0.201. The van der Waals surface area contributed by atoms with Gasteiger partial charge in [0.2, 0.25) is 0 Å². The molecule has 5 heteroatoms. The van der Waals surface area contributed by atoms with Crippen molar-refractivity contribution in [2.45, 2.75) is 6.92 Å². The van der Waals surface area contributed by atoms with E-state index in [4.69, 9.17) is 0 Å². The minimum Gasteiger partial charge on any atom is -0.354 e.